The molecule has 0 radical (unpaired) electrons. The zero-order valence-corrected chi connectivity index (χ0v) is 13.8. The van der Waals surface area contributed by atoms with E-state index in [-0.39, 0.29) is 62.5 Å². The van der Waals surface area contributed by atoms with E-state index in [4.69, 9.17) is 0 Å². The first kappa shape index (κ1) is 17.2. The summed E-state index contributed by atoms with van der Waals surface area (Å²) in [5.74, 6) is 0.518. The first-order chi connectivity index (χ1) is 6.49. The molecule has 1 rings (SSSR count). The summed E-state index contributed by atoms with van der Waals surface area (Å²) in [7, 11) is 0. The second kappa shape index (κ2) is 5.45. The Morgan fingerprint density at radius 2 is 1.44 bits per heavy atom. The van der Waals surface area contributed by atoms with Gasteiger partial charge in [0.1, 0.15) is 0 Å². The molecule has 1 heterocycles. The van der Waals surface area contributed by atoms with Crippen LogP contribution in [0.25, 0.3) is 0 Å². The van der Waals surface area contributed by atoms with Crippen molar-refractivity contribution in [1.29, 1.82) is 0 Å². The van der Waals surface area contributed by atoms with E-state index in [9.17, 15) is 12.9 Å². The van der Waals surface area contributed by atoms with Crippen molar-refractivity contribution in [2.45, 2.75) is 51.6 Å². The van der Waals surface area contributed by atoms with Gasteiger partial charge in [-0.25, -0.2) is 0 Å². The number of nitrogens with one attached hydrogen (secondary N) is 1. The number of hydrogen-bond acceptors (Lipinski definition) is 1. The standard InChI is InChI=1S/C10H18BF3N.K/c1-9(2)5-8(7-11(12,13)14)6-10(3,4)15-9;/h7,15H,5-6H2,1-4H3;/q-1;+1. The van der Waals surface area contributed by atoms with Crippen LogP contribution < -0.4 is 56.7 Å². The second-order valence-corrected chi connectivity index (χ2v) is 5.70. The maximum absolute atomic E-state index is 12.3. The Morgan fingerprint density at radius 3 is 1.75 bits per heavy atom. The average Bonchev–Trinajstić information content (AvgIpc) is 1.70. The van der Waals surface area contributed by atoms with Crippen molar-refractivity contribution in [2.24, 2.45) is 0 Å². The fourth-order valence-electron chi connectivity index (χ4n) is 2.59. The normalized spacial score (nSPS) is 23.6. The monoisotopic (exact) mass is 259 g/mol. The summed E-state index contributed by atoms with van der Waals surface area (Å²) in [4.78, 5) is 0. The summed E-state index contributed by atoms with van der Waals surface area (Å²) in [5, 5.41) is 3.35. The van der Waals surface area contributed by atoms with Crippen LogP contribution in [0.1, 0.15) is 40.5 Å². The fraction of sp³-hybridized carbons (Fsp3) is 0.800. The molecule has 0 amide bonds. The Labute approximate surface area is 138 Å². The summed E-state index contributed by atoms with van der Waals surface area (Å²) in [6, 6.07) is 0. The number of halogens is 3. The van der Waals surface area contributed by atoms with E-state index in [1.54, 1.807) is 0 Å². The van der Waals surface area contributed by atoms with E-state index in [0.717, 1.165) is 0 Å². The molecule has 0 spiro atoms. The SMILES string of the molecule is CC1(C)CC(=C[B-](F)(F)F)CC(C)(C)N1.[K+]. The van der Waals surface area contributed by atoms with Gasteiger partial charge in [-0.3, -0.25) is 0 Å². The van der Waals surface area contributed by atoms with Gasteiger partial charge < -0.3 is 18.3 Å². The van der Waals surface area contributed by atoms with Gasteiger partial charge in [0.25, 0.3) is 0 Å². The van der Waals surface area contributed by atoms with Crippen LogP contribution in [0.3, 0.4) is 0 Å². The number of piperidine rings is 1. The molecule has 0 aromatic carbocycles. The van der Waals surface area contributed by atoms with Crippen LogP contribution in [0.4, 0.5) is 12.9 Å². The molecule has 0 unspecified atom stereocenters. The maximum Gasteiger partial charge on any atom is 1.00 e. The largest absolute Gasteiger partial charge is 1.00 e. The van der Waals surface area contributed by atoms with E-state index in [0.29, 0.717) is 24.4 Å². The molecule has 0 aromatic rings. The minimum Gasteiger partial charge on any atom is -0.445 e. The third kappa shape index (κ3) is 6.21. The molecule has 6 heteroatoms. The first-order valence-electron chi connectivity index (χ1n) is 5.19. The second-order valence-electron chi connectivity index (χ2n) is 5.70. The van der Waals surface area contributed by atoms with Crippen molar-refractivity contribution in [1.82, 2.24) is 5.32 Å². The zero-order chi connectivity index (χ0) is 11.9. The molecular weight excluding hydrogens is 241 g/mol. The minimum absolute atomic E-state index is 0. The molecule has 0 saturated carbocycles. The van der Waals surface area contributed by atoms with Crippen LogP contribution in [0.2, 0.25) is 0 Å². The molecule has 1 aliphatic rings. The molecule has 1 N–H and O–H groups in total. The quantitative estimate of drug-likeness (QED) is 0.665. The van der Waals surface area contributed by atoms with Crippen molar-refractivity contribution in [3.05, 3.63) is 11.5 Å². The molecule has 1 nitrogen and oxygen atoms in total. The van der Waals surface area contributed by atoms with Gasteiger partial charge in [0.05, 0.1) is 0 Å². The summed E-state index contributed by atoms with van der Waals surface area (Å²) in [6.45, 7) is 2.93. The van der Waals surface area contributed by atoms with Gasteiger partial charge in [0.2, 0.25) is 0 Å². The zero-order valence-electron chi connectivity index (χ0n) is 10.7. The smallest absolute Gasteiger partial charge is 0.445 e. The van der Waals surface area contributed by atoms with Gasteiger partial charge in [0, 0.05) is 11.1 Å². The molecule has 0 atom stereocenters. The van der Waals surface area contributed by atoms with E-state index >= 15 is 0 Å². The van der Waals surface area contributed by atoms with Crippen molar-refractivity contribution < 1.29 is 64.3 Å². The molecule has 0 aliphatic carbocycles. The summed E-state index contributed by atoms with van der Waals surface area (Å²) in [6.07, 6.45) is 0.940. The third-order valence-corrected chi connectivity index (χ3v) is 2.44. The van der Waals surface area contributed by atoms with Crippen LogP contribution in [-0.4, -0.2) is 18.1 Å². The molecule has 1 fully saturated rings. The number of rotatable bonds is 1. The predicted octanol–water partition coefficient (Wildman–Crippen LogP) is 0.244. The predicted molar refractivity (Wildman–Crippen MR) is 57.7 cm³/mol. The van der Waals surface area contributed by atoms with Crippen LogP contribution in [0.15, 0.2) is 11.5 Å². The van der Waals surface area contributed by atoms with E-state index < -0.39 is 6.98 Å². The van der Waals surface area contributed by atoms with Crippen LogP contribution in [-0.2, 0) is 0 Å². The maximum atomic E-state index is 12.3. The Morgan fingerprint density at radius 1 is 1.06 bits per heavy atom. The Kier molecular flexibility index (Phi) is 5.85. The van der Waals surface area contributed by atoms with E-state index in [1.807, 2.05) is 27.7 Å². The van der Waals surface area contributed by atoms with Gasteiger partial charge >= 0.3 is 58.4 Å². The van der Waals surface area contributed by atoms with Gasteiger partial charge in [-0.1, -0.05) is 0 Å². The Balaban J connectivity index is 0.00000225. The third-order valence-electron chi connectivity index (χ3n) is 2.44. The summed E-state index contributed by atoms with van der Waals surface area (Å²) < 4.78 is 36.9. The van der Waals surface area contributed by atoms with Gasteiger partial charge in [-0.15, -0.1) is 11.5 Å². The van der Waals surface area contributed by atoms with Crippen LogP contribution >= 0.6 is 0 Å². The first-order valence-corrected chi connectivity index (χ1v) is 5.19. The number of hydrogen-bond donors (Lipinski definition) is 1. The molecule has 0 aromatic heterocycles. The molecule has 0 bridgehead atoms. The van der Waals surface area contributed by atoms with Crippen molar-refractivity contribution in [3.63, 3.8) is 0 Å². The van der Waals surface area contributed by atoms with Crippen LogP contribution in [0.5, 0.6) is 0 Å². The summed E-state index contributed by atoms with van der Waals surface area (Å²) in [5.41, 5.74) is 0.000324. The summed E-state index contributed by atoms with van der Waals surface area (Å²) >= 11 is 0. The Bertz CT molecular complexity index is 266. The van der Waals surface area contributed by atoms with Crippen molar-refractivity contribution in [3.8, 4) is 0 Å². The van der Waals surface area contributed by atoms with Crippen molar-refractivity contribution >= 4 is 6.98 Å². The molecule has 1 saturated heterocycles. The van der Waals surface area contributed by atoms with E-state index in [2.05, 4.69) is 5.32 Å². The molecule has 1 aliphatic heterocycles. The molecule has 88 valence electrons. The Hall–Kier alpha value is 1.19. The fourth-order valence-corrected chi connectivity index (χ4v) is 2.59. The molecular formula is C10H18BF3KN. The minimum atomic E-state index is -4.81. The van der Waals surface area contributed by atoms with Gasteiger partial charge in [-0.2, -0.15) is 0 Å². The topological polar surface area (TPSA) is 12.0 Å². The van der Waals surface area contributed by atoms with Crippen molar-refractivity contribution in [2.75, 3.05) is 0 Å². The van der Waals surface area contributed by atoms with E-state index in [1.165, 1.54) is 0 Å². The van der Waals surface area contributed by atoms with Gasteiger partial charge in [-0.05, 0) is 40.5 Å². The molecule has 16 heavy (non-hydrogen) atoms. The van der Waals surface area contributed by atoms with Crippen LogP contribution in [0, 0.1) is 0 Å². The van der Waals surface area contributed by atoms with Gasteiger partial charge in [0.15, 0.2) is 0 Å². The average molecular weight is 259 g/mol.